The number of fused-ring (bicyclic) bond motifs is 3. The van der Waals surface area contributed by atoms with E-state index < -0.39 is 23.3 Å². The maximum absolute atomic E-state index is 13.7. The molecule has 3 heterocycles. The number of carbonyl (C=O) groups excluding carboxylic acids is 3. The van der Waals surface area contributed by atoms with Crippen molar-refractivity contribution in [1.82, 2.24) is 20.1 Å². The molecule has 2 unspecified atom stereocenters. The third-order valence-electron chi connectivity index (χ3n) is 6.96. The molecule has 2 N–H and O–H groups in total. The van der Waals surface area contributed by atoms with Gasteiger partial charge in [-0.2, -0.15) is 0 Å². The van der Waals surface area contributed by atoms with Crippen molar-refractivity contribution in [2.24, 2.45) is 0 Å². The lowest BCUT2D eigenvalue weighted by molar-refractivity contribution is -0.756. The Labute approximate surface area is 213 Å². The first-order valence-corrected chi connectivity index (χ1v) is 12.2. The molecule has 1 saturated heterocycles. The lowest BCUT2D eigenvalue weighted by Crippen LogP contribution is -2.63. The predicted octanol–water partition coefficient (Wildman–Crippen LogP) is 2.10. The van der Waals surface area contributed by atoms with Crippen LogP contribution < -0.4 is 15.3 Å². The minimum Gasteiger partial charge on any atom is -0.469 e. The first-order valence-electron chi connectivity index (χ1n) is 11.8. The van der Waals surface area contributed by atoms with Crippen LogP contribution in [0.25, 0.3) is 0 Å². The molecule has 12 heteroatoms. The Morgan fingerprint density at radius 3 is 2.69 bits per heavy atom. The van der Waals surface area contributed by atoms with Crippen LogP contribution in [-0.4, -0.2) is 51.3 Å². The third kappa shape index (κ3) is 5.08. The second kappa shape index (κ2) is 9.78. The minimum absolute atomic E-state index is 0.0703. The molecule has 10 nitrogen and oxygen atoms in total. The number of halogens is 2. The second-order valence-corrected chi connectivity index (χ2v) is 10.5. The number of rotatable bonds is 6. The summed E-state index contributed by atoms with van der Waals surface area (Å²) in [4.78, 5) is 38.9. The maximum atomic E-state index is 13.7. The molecule has 1 fully saturated rings. The van der Waals surface area contributed by atoms with Crippen LogP contribution in [0.5, 0.6) is 0 Å². The highest BCUT2D eigenvalue weighted by atomic mass is 35.5. The fraction of sp³-hybridized carbons (Fsp3) is 0.542. The molecule has 0 bridgehead atoms. The molecule has 2 aliphatic heterocycles. The van der Waals surface area contributed by atoms with Crippen molar-refractivity contribution in [3.8, 4) is 0 Å². The predicted molar refractivity (Wildman–Crippen MR) is 128 cm³/mol. The van der Waals surface area contributed by atoms with Gasteiger partial charge in [-0.1, -0.05) is 11.6 Å². The number of aromatic nitrogens is 3. The van der Waals surface area contributed by atoms with Gasteiger partial charge < -0.3 is 15.4 Å². The number of methoxy groups -OCH3 is 1. The van der Waals surface area contributed by atoms with E-state index in [1.165, 1.54) is 19.2 Å². The monoisotopic (exact) mass is 521 g/mol. The zero-order valence-electron chi connectivity index (χ0n) is 20.8. The fourth-order valence-electron chi connectivity index (χ4n) is 5.41. The van der Waals surface area contributed by atoms with E-state index in [1.54, 1.807) is 0 Å². The van der Waals surface area contributed by atoms with Gasteiger partial charge in [0.1, 0.15) is 12.4 Å². The van der Waals surface area contributed by atoms with Gasteiger partial charge in [0.05, 0.1) is 23.9 Å². The highest BCUT2D eigenvalue weighted by Crippen LogP contribution is 2.46. The van der Waals surface area contributed by atoms with Crippen LogP contribution in [0.2, 0.25) is 5.02 Å². The first kappa shape index (κ1) is 26.0. The van der Waals surface area contributed by atoms with Gasteiger partial charge in [-0.3, -0.25) is 14.4 Å². The third-order valence-corrected chi connectivity index (χ3v) is 7.26. The molecular weight excluding hydrogens is 491 g/mol. The Hall–Kier alpha value is -3.05. The summed E-state index contributed by atoms with van der Waals surface area (Å²) in [5.41, 5.74) is 0.390. The van der Waals surface area contributed by atoms with Crippen LogP contribution in [0.4, 0.5) is 10.1 Å². The van der Waals surface area contributed by atoms with Crippen molar-refractivity contribution in [3.05, 3.63) is 40.9 Å². The maximum Gasteiger partial charge on any atom is 0.313 e. The largest absolute Gasteiger partial charge is 0.469 e. The first-order chi connectivity index (χ1) is 16.9. The summed E-state index contributed by atoms with van der Waals surface area (Å²) in [6.45, 7) is 7.57. The van der Waals surface area contributed by atoms with E-state index in [4.69, 9.17) is 21.6 Å². The van der Waals surface area contributed by atoms with Crippen LogP contribution in [0.15, 0.2) is 24.4 Å². The molecule has 0 aliphatic carbocycles. The number of hydrogen-bond donors (Lipinski definition) is 2. The lowest BCUT2D eigenvalue weighted by Gasteiger charge is -2.50. The molecule has 194 valence electrons. The molecule has 2 amide bonds. The number of piperidine rings is 1. The number of carbonyl (C=O) groups is 3. The van der Waals surface area contributed by atoms with Gasteiger partial charge in [0, 0.05) is 30.1 Å². The quantitative estimate of drug-likeness (QED) is 0.342. The van der Waals surface area contributed by atoms with E-state index in [9.17, 15) is 18.8 Å². The van der Waals surface area contributed by atoms with E-state index in [-0.39, 0.29) is 28.3 Å². The topological polar surface area (TPSA) is 109 Å². The lowest BCUT2D eigenvalue weighted by atomic mass is 9.81. The van der Waals surface area contributed by atoms with Gasteiger partial charge in [0.25, 0.3) is 0 Å². The SMILES string of the molecule is COC(=O)CCC[n+]1cc2n(n1)C1(C)CC(NC(=O)C(=O)Nc3ccc(Cl)c(F)c3)CC(C)(C)N1C2. The zero-order valence-corrected chi connectivity index (χ0v) is 21.6. The number of esters is 1. The highest BCUT2D eigenvalue weighted by Gasteiger charge is 2.58. The number of nitrogens with zero attached hydrogens (tertiary/aromatic N) is 4. The number of aryl methyl sites for hydroxylation is 1. The zero-order chi connectivity index (χ0) is 26.3. The standard InChI is InChI=1S/C24H30ClFN6O4/c1-23(2)11-16(28-22(35)21(34)27-15-7-8-18(25)19(26)10-15)12-24(3)31(23)14-17-13-30(29-32(17)24)9-5-6-20(33)36-4/h7-8,10,13,16H,5-6,9,11-12,14H2,1-4H3,(H-,27,28,34,35)/p+1. The Bertz CT molecular complexity index is 1200. The van der Waals surface area contributed by atoms with Gasteiger partial charge in [0.2, 0.25) is 0 Å². The number of ether oxygens (including phenoxy) is 1. The van der Waals surface area contributed by atoms with E-state index in [0.717, 1.165) is 11.8 Å². The van der Waals surface area contributed by atoms with Gasteiger partial charge in [-0.05, 0) is 51.8 Å². The summed E-state index contributed by atoms with van der Waals surface area (Å²) >= 11 is 5.68. The summed E-state index contributed by atoms with van der Waals surface area (Å²) < 4.78 is 22.2. The van der Waals surface area contributed by atoms with Crippen molar-refractivity contribution >= 4 is 35.1 Å². The van der Waals surface area contributed by atoms with Gasteiger partial charge in [-0.15, -0.1) is 9.36 Å². The second-order valence-electron chi connectivity index (χ2n) is 10.1. The molecule has 1 aromatic carbocycles. The summed E-state index contributed by atoms with van der Waals surface area (Å²) in [6, 6.07) is 3.52. The molecular formula is C24H31ClFN6O4+. The Morgan fingerprint density at radius 1 is 1.25 bits per heavy atom. The highest BCUT2D eigenvalue weighted by molar-refractivity contribution is 6.39. The normalized spacial score (nSPS) is 22.4. The number of benzene rings is 1. The Kier molecular flexibility index (Phi) is 7.07. The van der Waals surface area contributed by atoms with E-state index in [0.29, 0.717) is 38.8 Å². The van der Waals surface area contributed by atoms with Crippen LogP contribution in [0.3, 0.4) is 0 Å². The number of nitrogens with one attached hydrogen (secondary N) is 2. The summed E-state index contributed by atoms with van der Waals surface area (Å²) in [5, 5.41) is 9.95. The molecule has 4 rings (SSSR count). The molecule has 1 aromatic heterocycles. The van der Waals surface area contributed by atoms with Crippen LogP contribution in [0.1, 0.15) is 52.1 Å². The van der Waals surface area contributed by atoms with Crippen molar-refractivity contribution in [2.75, 3.05) is 12.4 Å². The van der Waals surface area contributed by atoms with Crippen molar-refractivity contribution in [3.63, 3.8) is 0 Å². The average molecular weight is 522 g/mol. The van der Waals surface area contributed by atoms with Crippen LogP contribution >= 0.6 is 11.6 Å². The summed E-state index contributed by atoms with van der Waals surface area (Å²) in [7, 11) is 1.37. The molecule has 0 saturated carbocycles. The van der Waals surface area contributed by atoms with Crippen molar-refractivity contribution in [1.29, 1.82) is 0 Å². The van der Waals surface area contributed by atoms with E-state index in [2.05, 4.69) is 36.3 Å². The summed E-state index contributed by atoms with van der Waals surface area (Å²) in [5.74, 6) is -2.61. The average Bonchev–Trinajstić information content (AvgIpc) is 3.33. The molecule has 2 aliphatic rings. The van der Waals surface area contributed by atoms with E-state index >= 15 is 0 Å². The molecule has 36 heavy (non-hydrogen) atoms. The van der Waals surface area contributed by atoms with Gasteiger partial charge in [0.15, 0.2) is 17.6 Å². The number of amides is 2. The minimum atomic E-state index is -0.878. The molecule has 2 aromatic rings. The summed E-state index contributed by atoms with van der Waals surface area (Å²) in [6.07, 6.45) is 4.11. The Balaban J connectivity index is 1.44. The van der Waals surface area contributed by atoms with Crippen LogP contribution in [-0.2, 0) is 37.9 Å². The Morgan fingerprint density at radius 2 is 2.00 bits per heavy atom. The fourth-order valence-corrected chi connectivity index (χ4v) is 5.53. The van der Waals surface area contributed by atoms with Crippen LogP contribution in [0, 0.1) is 5.82 Å². The molecule has 0 radical (unpaired) electrons. The van der Waals surface area contributed by atoms with Crippen molar-refractivity contribution < 1.29 is 28.2 Å². The van der Waals surface area contributed by atoms with Crippen molar-refractivity contribution in [2.45, 2.75) is 76.8 Å². The number of anilines is 1. The smallest absolute Gasteiger partial charge is 0.313 e. The van der Waals surface area contributed by atoms with Gasteiger partial charge in [-0.25, -0.2) is 9.29 Å². The van der Waals surface area contributed by atoms with Gasteiger partial charge >= 0.3 is 17.8 Å². The molecule has 0 spiro atoms. The molecule has 2 atom stereocenters. The van der Waals surface area contributed by atoms with E-state index in [1.807, 2.05) is 15.6 Å². The number of hydrogen-bond acceptors (Lipinski definition) is 6.